The van der Waals surface area contributed by atoms with Crippen molar-refractivity contribution < 1.29 is 0 Å². The zero-order valence-corrected chi connectivity index (χ0v) is 18.0. The van der Waals surface area contributed by atoms with Gasteiger partial charge in [-0.05, 0) is 49.0 Å². The number of rotatable bonds is 3. The summed E-state index contributed by atoms with van der Waals surface area (Å²) in [4.78, 5) is 21.8. The Morgan fingerprint density at radius 1 is 0.781 bits per heavy atom. The number of H-pyrrole nitrogens is 1. The first-order chi connectivity index (χ1) is 15.7. The molecule has 4 aromatic heterocycles. The van der Waals surface area contributed by atoms with Crippen molar-refractivity contribution >= 4 is 27.6 Å². The summed E-state index contributed by atoms with van der Waals surface area (Å²) >= 11 is 0. The van der Waals surface area contributed by atoms with Gasteiger partial charge in [-0.3, -0.25) is 9.97 Å². The minimum absolute atomic E-state index is 0.878. The van der Waals surface area contributed by atoms with E-state index in [2.05, 4.69) is 68.2 Å². The number of fused-ring (bicyclic) bond motifs is 3. The molecular weight excluding hydrogens is 396 g/mol. The van der Waals surface area contributed by atoms with Crippen LogP contribution in [0, 0.1) is 0 Å². The first-order valence-corrected chi connectivity index (χ1v) is 11.0. The largest absolute Gasteiger partial charge is 0.369 e. The van der Waals surface area contributed by atoms with Crippen molar-refractivity contribution in [1.82, 2.24) is 24.8 Å². The molecule has 1 N–H and O–H groups in total. The van der Waals surface area contributed by atoms with Crippen molar-refractivity contribution in [3.8, 4) is 22.4 Å². The van der Waals surface area contributed by atoms with Crippen molar-refractivity contribution in [3.63, 3.8) is 0 Å². The summed E-state index contributed by atoms with van der Waals surface area (Å²) in [6, 6.07) is 17.2. The molecule has 1 aliphatic heterocycles. The van der Waals surface area contributed by atoms with Gasteiger partial charge in [0.15, 0.2) is 0 Å². The van der Waals surface area contributed by atoms with Crippen molar-refractivity contribution in [3.05, 3.63) is 73.3 Å². The highest BCUT2D eigenvalue weighted by atomic mass is 15.2. The molecular formula is C26H24N6. The van der Waals surface area contributed by atoms with E-state index in [1.54, 1.807) is 6.20 Å². The molecule has 0 amide bonds. The summed E-state index contributed by atoms with van der Waals surface area (Å²) in [5.74, 6) is 0. The second-order valence-corrected chi connectivity index (χ2v) is 8.44. The number of nitrogens with zero attached hydrogens (tertiary/aromatic N) is 5. The van der Waals surface area contributed by atoms with Gasteiger partial charge in [0.05, 0.1) is 17.4 Å². The highest BCUT2D eigenvalue weighted by Gasteiger charge is 2.15. The number of piperazine rings is 1. The SMILES string of the molecule is CN1CCN(c2ccc(-c3cnc4[nH]c5cnc(-c6cccnc6)cc5c4c3)cc2)CC1. The highest BCUT2D eigenvalue weighted by Crippen LogP contribution is 2.31. The van der Waals surface area contributed by atoms with Crippen molar-refractivity contribution in [2.24, 2.45) is 0 Å². The molecule has 1 saturated heterocycles. The number of benzene rings is 1. The smallest absolute Gasteiger partial charge is 0.138 e. The second-order valence-electron chi connectivity index (χ2n) is 8.44. The van der Waals surface area contributed by atoms with Gasteiger partial charge >= 0.3 is 0 Å². The number of likely N-dealkylation sites (N-methyl/N-ethyl adjacent to an activating group) is 1. The molecule has 5 aromatic rings. The van der Waals surface area contributed by atoms with Crippen LogP contribution in [0.3, 0.4) is 0 Å². The molecule has 1 aromatic carbocycles. The number of aromatic nitrogens is 4. The Morgan fingerprint density at radius 2 is 1.62 bits per heavy atom. The third-order valence-corrected chi connectivity index (χ3v) is 6.36. The van der Waals surface area contributed by atoms with Crippen LogP contribution in [-0.2, 0) is 0 Å². The lowest BCUT2D eigenvalue weighted by Gasteiger charge is -2.34. The van der Waals surface area contributed by atoms with Gasteiger partial charge in [-0.25, -0.2) is 4.98 Å². The lowest BCUT2D eigenvalue weighted by molar-refractivity contribution is 0.313. The van der Waals surface area contributed by atoms with Crippen LogP contribution >= 0.6 is 0 Å². The van der Waals surface area contributed by atoms with Crippen LogP contribution < -0.4 is 4.90 Å². The van der Waals surface area contributed by atoms with E-state index >= 15 is 0 Å². The Hall–Kier alpha value is -3.77. The molecule has 158 valence electrons. The zero-order valence-electron chi connectivity index (χ0n) is 18.0. The number of hydrogen-bond donors (Lipinski definition) is 1. The molecule has 5 heterocycles. The molecule has 6 rings (SSSR count). The molecule has 32 heavy (non-hydrogen) atoms. The van der Waals surface area contributed by atoms with Gasteiger partial charge in [0.1, 0.15) is 5.65 Å². The van der Waals surface area contributed by atoms with Crippen molar-refractivity contribution in [2.75, 3.05) is 38.1 Å². The molecule has 1 fully saturated rings. The van der Waals surface area contributed by atoms with E-state index in [4.69, 9.17) is 4.98 Å². The van der Waals surface area contributed by atoms with Gasteiger partial charge in [-0.2, -0.15) is 0 Å². The summed E-state index contributed by atoms with van der Waals surface area (Å²) in [5, 5.41) is 2.23. The highest BCUT2D eigenvalue weighted by molar-refractivity contribution is 6.07. The summed E-state index contributed by atoms with van der Waals surface area (Å²) in [7, 11) is 2.18. The Bertz CT molecular complexity index is 1380. The number of nitrogens with one attached hydrogen (secondary N) is 1. The maximum Gasteiger partial charge on any atom is 0.138 e. The number of pyridine rings is 3. The molecule has 0 saturated carbocycles. The Kier molecular flexibility index (Phi) is 4.58. The average Bonchev–Trinajstić information content (AvgIpc) is 3.22. The Morgan fingerprint density at radius 3 is 2.41 bits per heavy atom. The third-order valence-electron chi connectivity index (χ3n) is 6.36. The van der Waals surface area contributed by atoms with Crippen LogP contribution in [0.25, 0.3) is 44.3 Å². The maximum absolute atomic E-state index is 4.71. The third kappa shape index (κ3) is 3.39. The number of anilines is 1. The monoisotopic (exact) mass is 420 g/mol. The Balaban J connectivity index is 1.36. The minimum atomic E-state index is 0.878. The van der Waals surface area contributed by atoms with E-state index < -0.39 is 0 Å². The lowest BCUT2D eigenvalue weighted by Crippen LogP contribution is -2.44. The summed E-state index contributed by atoms with van der Waals surface area (Å²) in [6.45, 7) is 4.37. The van der Waals surface area contributed by atoms with E-state index in [1.165, 1.54) is 11.3 Å². The minimum Gasteiger partial charge on any atom is -0.369 e. The van der Waals surface area contributed by atoms with Crippen molar-refractivity contribution in [1.29, 1.82) is 0 Å². The molecule has 0 aliphatic carbocycles. The lowest BCUT2D eigenvalue weighted by atomic mass is 10.0. The number of hydrogen-bond acceptors (Lipinski definition) is 5. The predicted octanol–water partition coefficient (Wildman–Crippen LogP) is 4.59. The molecule has 6 heteroatoms. The van der Waals surface area contributed by atoms with Gasteiger partial charge < -0.3 is 14.8 Å². The normalized spacial score (nSPS) is 15.0. The van der Waals surface area contributed by atoms with E-state index in [0.717, 1.165) is 64.9 Å². The van der Waals surface area contributed by atoms with Crippen LogP contribution in [-0.4, -0.2) is 58.1 Å². The van der Waals surface area contributed by atoms with Crippen LogP contribution in [0.5, 0.6) is 0 Å². The summed E-state index contributed by atoms with van der Waals surface area (Å²) in [6.07, 6.45) is 7.44. The fourth-order valence-corrected chi connectivity index (χ4v) is 4.43. The topological polar surface area (TPSA) is 60.9 Å². The fourth-order valence-electron chi connectivity index (χ4n) is 4.43. The fraction of sp³-hybridized carbons (Fsp3) is 0.192. The molecule has 0 radical (unpaired) electrons. The van der Waals surface area contributed by atoms with Gasteiger partial charge in [-0.1, -0.05) is 12.1 Å². The quantitative estimate of drug-likeness (QED) is 0.463. The van der Waals surface area contributed by atoms with Crippen LogP contribution in [0.1, 0.15) is 0 Å². The Labute approximate surface area is 186 Å². The zero-order chi connectivity index (χ0) is 21.5. The molecule has 0 bridgehead atoms. The number of aromatic amines is 1. The van der Waals surface area contributed by atoms with E-state index in [0.29, 0.717) is 0 Å². The first-order valence-electron chi connectivity index (χ1n) is 11.0. The van der Waals surface area contributed by atoms with Crippen LogP contribution in [0.2, 0.25) is 0 Å². The predicted molar refractivity (Wildman–Crippen MR) is 130 cm³/mol. The van der Waals surface area contributed by atoms with Gasteiger partial charge in [0, 0.05) is 72.4 Å². The first kappa shape index (κ1) is 19.0. The summed E-state index contributed by atoms with van der Waals surface area (Å²) in [5.41, 5.74) is 7.36. The van der Waals surface area contributed by atoms with Crippen LogP contribution in [0.4, 0.5) is 5.69 Å². The van der Waals surface area contributed by atoms with Crippen LogP contribution in [0.15, 0.2) is 73.3 Å². The molecule has 0 spiro atoms. The molecule has 0 unspecified atom stereocenters. The molecule has 1 aliphatic rings. The van der Waals surface area contributed by atoms with Gasteiger partial charge in [0.25, 0.3) is 0 Å². The van der Waals surface area contributed by atoms with E-state index in [1.807, 2.05) is 30.7 Å². The maximum atomic E-state index is 4.71. The van der Waals surface area contributed by atoms with Gasteiger partial charge in [-0.15, -0.1) is 0 Å². The van der Waals surface area contributed by atoms with Crippen molar-refractivity contribution in [2.45, 2.75) is 0 Å². The standard InChI is InChI=1S/C26H24N6/c1-31-9-11-32(12-10-31)21-6-4-18(5-7-21)20-13-23-22-14-24(19-3-2-8-27-15-19)28-17-25(22)30-26(23)29-16-20/h2-8,13-17H,9-12H2,1H3,(H,29,30). The van der Waals surface area contributed by atoms with E-state index in [9.17, 15) is 0 Å². The molecule has 0 atom stereocenters. The van der Waals surface area contributed by atoms with Gasteiger partial charge in [0.2, 0.25) is 0 Å². The van der Waals surface area contributed by atoms with E-state index in [-0.39, 0.29) is 0 Å². The average molecular weight is 421 g/mol. The second kappa shape index (κ2) is 7.73. The molecule has 6 nitrogen and oxygen atoms in total. The summed E-state index contributed by atoms with van der Waals surface area (Å²) < 4.78 is 0.